The van der Waals surface area contributed by atoms with Crippen LogP contribution in [-0.4, -0.2) is 23.7 Å². The average molecular weight is 463 g/mol. The predicted octanol–water partition coefficient (Wildman–Crippen LogP) is 3.54. The van der Waals surface area contributed by atoms with Gasteiger partial charge in [0.25, 0.3) is 21.5 Å². The average Bonchev–Trinajstić information content (AvgIpc) is 3.03. The second-order valence-electron chi connectivity index (χ2n) is 7.35. The van der Waals surface area contributed by atoms with E-state index >= 15 is 0 Å². The molecule has 0 atom stereocenters. The minimum absolute atomic E-state index is 0.0739. The van der Waals surface area contributed by atoms with E-state index in [4.69, 9.17) is 0 Å². The number of nitrogens with one attached hydrogen (secondary N) is 2. The number of para-hydroxylation sites is 2. The Bertz CT molecular complexity index is 1470. The number of sulfonamides is 1. The van der Waals surface area contributed by atoms with Gasteiger partial charge in [-0.05, 0) is 43.3 Å². The Kier molecular flexibility index (Phi) is 5.89. The summed E-state index contributed by atoms with van der Waals surface area (Å²) in [5.41, 5.74) is 1.13. The zero-order valence-corrected chi connectivity index (χ0v) is 18.8. The van der Waals surface area contributed by atoms with E-state index in [0.717, 1.165) is 0 Å². The summed E-state index contributed by atoms with van der Waals surface area (Å²) in [5, 5.41) is 2.66. The number of carbonyl (C=O) groups excluding carboxylic acids is 1. The molecule has 1 aromatic heterocycles. The summed E-state index contributed by atoms with van der Waals surface area (Å²) in [5.74, 6) is -0.604. The first-order valence-corrected chi connectivity index (χ1v) is 11.6. The van der Waals surface area contributed by atoms with Crippen molar-refractivity contribution in [3.8, 4) is 5.69 Å². The molecular formula is C24H22N4O4S. The molecule has 1 heterocycles. The van der Waals surface area contributed by atoms with Crippen molar-refractivity contribution in [1.82, 2.24) is 9.36 Å². The molecule has 0 spiro atoms. The van der Waals surface area contributed by atoms with E-state index in [0.29, 0.717) is 11.4 Å². The maximum Gasteiger partial charge on any atom is 0.295 e. The second kappa shape index (κ2) is 8.79. The number of anilines is 2. The summed E-state index contributed by atoms with van der Waals surface area (Å²) in [4.78, 5) is 26.3. The highest BCUT2D eigenvalue weighted by Crippen LogP contribution is 2.22. The van der Waals surface area contributed by atoms with E-state index in [9.17, 15) is 18.0 Å². The minimum Gasteiger partial charge on any atom is -0.316 e. The SMILES string of the molecule is Cc1c(NC(=O)c2ccccc2NS(=O)(=O)c2ccccc2)c(=O)n(-c2ccccc2)n1C. The smallest absolute Gasteiger partial charge is 0.295 e. The van der Waals surface area contributed by atoms with Crippen molar-refractivity contribution in [2.24, 2.45) is 7.05 Å². The Morgan fingerprint density at radius 1 is 0.848 bits per heavy atom. The Morgan fingerprint density at radius 2 is 1.42 bits per heavy atom. The summed E-state index contributed by atoms with van der Waals surface area (Å²) >= 11 is 0. The first-order valence-electron chi connectivity index (χ1n) is 10.1. The summed E-state index contributed by atoms with van der Waals surface area (Å²) in [7, 11) is -2.17. The molecule has 0 saturated heterocycles. The summed E-state index contributed by atoms with van der Waals surface area (Å²) in [6, 6.07) is 23.2. The van der Waals surface area contributed by atoms with Gasteiger partial charge in [0.2, 0.25) is 0 Å². The van der Waals surface area contributed by atoms with Gasteiger partial charge in [-0.15, -0.1) is 0 Å². The van der Waals surface area contributed by atoms with Gasteiger partial charge in [-0.2, -0.15) is 0 Å². The number of hydrogen-bond acceptors (Lipinski definition) is 4. The van der Waals surface area contributed by atoms with E-state index in [2.05, 4.69) is 10.0 Å². The monoisotopic (exact) mass is 462 g/mol. The van der Waals surface area contributed by atoms with Gasteiger partial charge in [-0.25, -0.2) is 13.1 Å². The normalized spacial score (nSPS) is 11.2. The molecule has 3 aromatic carbocycles. The fourth-order valence-electron chi connectivity index (χ4n) is 3.47. The van der Waals surface area contributed by atoms with Gasteiger partial charge >= 0.3 is 0 Å². The van der Waals surface area contributed by atoms with Crippen LogP contribution in [0.1, 0.15) is 16.1 Å². The van der Waals surface area contributed by atoms with Gasteiger partial charge in [0.15, 0.2) is 0 Å². The second-order valence-corrected chi connectivity index (χ2v) is 9.04. The van der Waals surface area contributed by atoms with E-state index in [-0.39, 0.29) is 21.8 Å². The quantitative estimate of drug-likeness (QED) is 0.458. The Labute approximate surface area is 191 Å². The molecule has 168 valence electrons. The van der Waals surface area contributed by atoms with E-state index < -0.39 is 21.5 Å². The third-order valence-electron chi connectivity index (χ3n) is 5.26. The number of nitrogens with zero attached hydrogens (tertiary/aromatic N) is 2. The zero-order chi connectivity index (χ0) is 23.6. The van der Waals surface area contributed by atoms with Crippen LogP contribution in [0.4, 0.5) is 11.4 Å². The third-order valence-corrected chi connectivity index (χ3v) is 6.64. The molecular weight excluding hydrogens is 440 g/mol. The van der Waals surface area contributed by atoms with Gasteiger partial charge in [0.1, 0.15) is 5.69 Å². The van der Waals surface area contributed by atoms with E-state index in [1.54, 1.807) is 61.1 Å². The predicted molar refractivity (Wildman–Crippen MR) is 127 cm³/mol. The van der Waals surface area contributed by atoms with Crippen molar-refractivity contribution >= 4 is 27.3 Å². The number of hydrogen-bond donors (Lipinski definition) is 2. The Morgan fingerprint density at radius 3 is 2.09 bits per heavy atom. The van der Waals surface area contributed by atoms with Crippen LogP contribution in [-0.2, 0) is 17.1 Å². The van der Waals surface area contributed by atoms with Crippen molar-refractivity contribution in [2.75, 3.05) is 10.0 Å². The molecule has 9 heteroatoms. The lowest BCUT2D eigenvalue weighted by Gasteiger charge is -2.12. The highest BCUT2D eigenvalue weighted by molar-refractivity contribution is 7.92. The van der Waals surface area contributed by atoms with Crippen LogP contribution in [0.5, 0.6) is 0 Å². The van der Waals surface area contributed by atoms with Crippen LogP contribution in [0.15, 0.2) is 94.6 Å². The van der Waals surface area contributed by atoms with Crippen LogP contribution in [0.3, 0.4) is 0 Å². The van der Waals surface area contributed by atoms with Crippen LogP contribution >= 0.6 is 0 Å². The van der Waals surface area contributed by atoms with Gasteiger partial charge in [-0.3, -0.25) is 19.0 Å². The molecule has 0 unspecified atom stereocenters. The standard InChI is InChI=1S/C24H22N4O4S/c1-17-22(24(30)28(27(17)2)18-11-5-3-6-12-18)25-23(29)20-15-9-10-16-21(20)26-33(31,32)19-13-7-4-8-14-19/h3-16,26H,1-2H3,(H,25,29). The number of carbonyl (C=O) groups is 1. The van der Waals surface area contributed by atoms with Crippen LogP contribution in [0.2, 0.25) is 0 Å². The van der Waals surface area contributed by atoms with Gasteiger partial charge in [0, 0.05) is 7.05 Å². The molecule has 0 aliphatic carbocycles. The van der Waals surface area contributed by atoms with E-state index in [1.807, 2.05) is 18.2 Å². The molecule has 0 saturated carbocycles. The number of rotatable bonds is 6. The molecule has 0 bridgehead atoms. The number of benzene rings is 3. The lowest BCUT2D eigenvalue weighted by Crippen LogP contribution is -2.24. The molecule has 0 aliphatic rings. The maximum absolute atomic E-state index is 13.1. The lowest BCUT2D eigenvalue weighted by atomic mass is 10.1. The lowest BCUT2D eigenvalue weighted by molar-refractivity contribution is 0.102. The fraction of sp³-hybridized carbons (Fsp3) is 0.0833. The molecule has 0 fully saturated rings. The molecule has 0 radical (unpaired) electrons. The van der Waals surface area contributed by atoms with Gasteiger partial charge in [-0.1, -0.05) is 48.5 Å². The molecule has 1 amide bonds. The van der Waals surface area contributed by atoms with Crippen molar-refractivity contribution in [1.29, 1.82) is 0 Å². The third kappa shape index (κ3) is 4.31. The molecule has 4 rings (SSSR count). The van der Waals surface area contributed by atoms with Crippen LogP contribution < -0.4 is 15.6 Å². The molecule has 33 heavy (non-hydrogen) atoms. The first-order chi connectivity index (χ1) is 15.8. The summed E-state index contributed by atoms with van der Waals surface area (Å²) in [6.45, 7) is 1.72. The minimum atomic E-state index is -3.90. The number of amides is 1. The molecule has 2 N–H and O–H groups in total. The largest absolute Gasteiger partial charge is 0.316 e. The van der Waals surface area contributed by atoms with Crippen LogP contribution in [0, 0.1) is 6.92 Å². The maximum atomic E-state index is 13.1. The Hall–Kier alpha value is -4.11. The molecule has 4 aromatic rings. The summed E-state index contributed by atoms with van der Waals surface area (Å²) in [6.07, 6.45) is 0. The van der Waals surface area contributed by atoms with Crippen LogP contribution in [0.25, 0.3) is 5.69 Å². The highest BCUT2D eigenvalue weighted by atomic mass is 32.2. The molecule has 0 aliphatic heterocycles. The van der Waals surface area contributed by atoms with Crippen molar-refractivity contribution in [3.63, 3.8) is 0 Å². The van der Waals surface area contributed by atoms with Crippen molar-refractivity contribution < 1.29 is 13.2 Å². The van der Waals surface area contributed by atoms with Crippen molar-refractivity contribution in [3.05, 3.63) is 107 Å². The summed E-state index contributed by atoms with van der Waals surface area (Å²) < 4.78 is 31.1. The number of aromatic nitrogens is 2. The fourth-order valence-corrected chi connectivity index (χ4v) is 4.57. The zero-order valence-electron chi connectivity index (χ0n) is 18.0. The topological polar surface area (TPSA) is 102 Å². The van der Waals surface area contributed by atoms with Gasteiger partial charge < -0.3 is 5.32 Å². The van der Waals surface area contributed by atoms with Crippen molar-refractivity contribution in [2.45, 2.75) is 11.8 Å². The first kappa shape index (κ1) is 22.1. The van der Waals surface area contributed by atoms with Gasteiger partial charge in [0.05, 0.1) is 27.5 Å². The van der Waals surface area contributed by atoms with E-state index in [1.165, 1.54) is 28.9 Å². The Balaban J connectivity index is 1.67. The molecule has 8 nitrogen and oxygen atoms in total. The highest BCUT2D eigenvalue weighted by Gasteiger charge is 2.22.